The van der Waals surface area contributed by atoms with Gasteiger partial charge in [-0.15, -0.1) is 0 Å². The van der Waals surface area contributed by atoms with Gasteiger partial charge in [-0.25, -0.2) is 8.42 Å². The average molecular weight is 318 g/mol. The number of benzene rings is 1. The first-order valence-corrected chi connectivity index (χ1v) is 7.42. The normalized spacial score (nSPS) is 14.4. The molecule has 0 radical (unpaired) electrons. The predicted octanol–water partition coefficient (Wildman–Crippen LogP) is -0.152. The number of nitrogens with zero attached hydrogens (tertiary/aromatic N) is 1. The van der Waals surface area contributed by atoms with Crippen LogP contribution in [0.1, 0.15) is 12.5 Å². The number of nitrogens with one attached hydrogen (secondary N) is 1. The minimum absolute atomic E-state index is 0.0790. The molecule has 2 atom stereocenters. The van der Waals surface area contributed by atoms with Gasteiger partial charge in [-0.2, -0.15) is 4.72 Å². The molecule has 0 fully saturated rings. The molecule has 3 N–H and O–H groups in total. The molecule has 0 unspecified atom stereocenters. The van der Waals surface area contributed by atoms with E-state index in [0.29, 0.717) is 0 Å². The first kappa shape index (κ1) is 17.0. The van der Waals surface area contributed by atoms with E-state index in [4.69, 9.17) is 5.11 Å². The van der Waals surface area contributed by atoms with Crippen molar-refractivity contribution in [1.82, 2.24) is 4.72 Å². The Morgan fingerprint density at radius 3 is 2.48 bits per heavy atom. The van der Waals surface area contributed by atoms with Gasteiger partial charge >= 0.3 is 5.97 Å². The van der Waals surface area contributed by atoms with Crippen LogP contribution >= 0.6 is 0 Å². The minimum atomic E-state index is -4.18. The predicted molar refractivity (Wildman–Crippen MR) is 72.0 cm³/mol. The lowest BCUT2D eigenvalue weighted by Crippen LogP contribution is -2.47. The first-order valence-electron chi connectivity index (χ1n) is 5.77. The average Bonchev–Trinajstić information content (AvgIpc) is 2.35. The number of rotatable bonds is 7. The van der Waals surface area contributed by atoms with Crippen molar-refractivity contribution >= 4 is 21.7 Å². The molecule has 0 aliphatic heterocycles. The second-order valence-corrected chi connectivity index (χ2v) is 6.07. The van der Waals surface area contributed by atoms with E-state index in [1.54, 1.807) is 4.72 Å². The fourth-order valence-electron chi connectivity index (χ4n) is 1.61. The van der Waals surface area contributed by atoms with Gasteiger partial charge in [0, 0.05) is 11.6 Å². The highest BCUT2D eigenvalue weighted by molar-refractivity contribution is 7.88. The third-order valence-corrected chi connectivity index (χ3v) is 3.89. The van der Waals surface area contributed by atoms with Crippen molar-refractivity contribution in [1.29, 1.82) is 0 Å². The monoisotopic (exact) mass is 318 g/mol. The molecule has 0 amide bonds. The van der Waals surface area contributed by atoms with E-state index in [1.807, 2.05) is 0 Å². The van der Waals surface area contributed by atoms with Crippen molar-refractivity contribution < 1.29 is 28.3 Å². The zero-order chi connectivity index (χ0) is 16.2. The summed E-state index contributed by atoms with van der Waals surface area (Å²) in [5.41, 5.74) is -0.462. The Bertz CT molecular complexity index is 642. The smallest absolute Gasteiger partial charge is 0.324 e. The number of carboxylic acids is 1. The SMILES string of the molecule is C[C@@H](O)[C@H](NS(=O)(=O)Cc1ccccc1[N+](=O)[O-])C(=O)O. The van der Waals surface area contributed by atoms with Gasteiger partial charge < -0.3 is 10.2 Å². The highest BCUT2D eigenvalue weighted by Gasteiger charge is 2.29. The van der Waals surface area contributed by atoms with Crippen LogP contribution in [-0.2, 0) is 20.6 Å². The summed E-state index contributed by atoms with van der Waals surface area (Å²) in [7, 11) is -4.18. The van der Waals surface area contributed by atoms with Crippen LogP contribution in [0, 0.1) is 10.1 Å². The van der Waals surface area contributed by atoms with E-state index in [9.17, 15) is 28.4 Å². The number of carbonyl (C=O) groups is 1. The van der Waals surface area contributed by atoms with Gasteiger partial charge in [0.25, 0.3) is 5.69 Å². The molecule has 0 bridgehead atoms. The highest BCUT2D eigenvalue weighted by atomic mass is 32.2. The van der Waals surface area contributed by atoms with E-state index < -0.39 is 38.8 Å². The topological polar surface area (TPSA) is 147 Å². The number of aliphatic carboxylic acids is 1. The molecule has 10 heteroatoms. The lowest BCUT2D eigenvalue weighted by molar-refractivity contribution is -0.385. The third-order valence-electron chi connectivity index (χ3n) is 2.59. The maximum absolute atomic E-state index is 11.9. The molecule has 0 saturated heterocycles. The molecular formula is C11H14N2O7S. The number of carboxylic acid groups (broad SMARTS) is 1. The summed E-state index contributed by atoms with van der Waals surface area (Å²) < 4.78 is 25.6. The van der Waals surface area contributed by atoms with Gasteiger partial charge in [0.05, 0.1) is 16.8 Å². The molecule has 1 rings (SSSR count). The van der Waals surface area contributed by atoms with E-state index in [-0.39, 0.29) is 11.3 Å². The fourth-order valence-corrected chi connectivity index (χ4v) is 3.03. The highest BCUT2D eigenvalue weighted by Crippen LogP contribution is 2.20. The molecule has 1 aromatic rings. The Morgan fingerprint density at radius 2 is 2.00 bits per heavy atom. The van der Waals surface area contributed by atoms with Gasteiger partial charge in [0.15, 0.2) is 0 Å². The van der Waals surface area contributed by atoms with Crippen molar-refractivity contribution in [2.45, 2.75) is 24.8 Å². The summed E-state index contributed by atoms with van der Waals surface area (Å²) in [4.78, 5) is 20.9. The summed E-state index contributed by atoms with van der Waals surface area (Å²) in [6, 6.07) is 3.50. The van der Waals surface area contributed by atoms with Crippen molar-refractivity contribution in [3.8, 4) is 0 Å². The third kappa shape index (κ3) is 4.77. The van der Waals surface area contributed by atoms with Crippen LogP contribution in [0.25, 0.3) is 0 Å². The summed E-state index contributed by atoms with van der Waals surface area (Å²) in [5, 5.41) is 28.9. The van der Waals surface area contributed by atoms with Gasteiger partial charge in [0.2, 0.25) is 10.0 Å². The van der Waals surface area contributed by atoms with Crippen molar-refractivity contribution in [3.05, 3.63) is 39.9 Å². The second-order valence-electron chi connectivity index (χ2n) is 4.32. The van der Waals surface area contributed by atoms with Crippen molar-refractivity contribution in [2.24, 2.45) is 0 Å². The molecule has 0 spiro atoms. The van der Waals surface area contributed by atoms with E-state index in [0.717, 1.165) is 13.0 Å². The van der Waals surface area contributed by atoms with Crippen LogP contribution in [0.15, 0.2) is 24.3 Å². The number of aliphatic hydroxyl groups is 1. The molecule has 9 nitrogen and oxygen atoms in total. The summed E-state index contributed by atoms with van der Waals surface area (Å²) in [6.07, 6.45) is -1.46. The van der Waals surface area contributed by atoms with E-state index in [2.05, 4.69) is 0 Å². The fraction of sp³-hybridized carbons (Fsp3) is 0.364. The molecule has 0 aliphatic carbocycles. The zero-order valence-electron chi connectivity index (χ0n) is 11.0. The van der Waals surface area contributed by atoms with Crippen molar-refractivity contribution in [2.75, 3.05) is 0 Å². The quantitative estimate of drug-likeness (QED) is 0.467. The van der Waals surface area contributed by atoms with Crippen LogP contribution in [-0.4, -0.2) is 41.7 Å². The van der Waals surface area contributed by atoms with Crippen LogP contribution in [0.5, 0.6) is 0 Å². The van der Waals surface area contributed by atoms with E-state index in [1.165, 1.54) is 18.2 Å². The summed E-state index contributed by atoms with van der Waals surface area (Å²) in [5.74, 6) is -2.31. The molecule has 0 saturated carbocycles. The summed E-state index contributed by atoms with van der Waals surface area (Å²) >= 11 is 0. The number of hydrogen-bond donors (Lipinski definition) is 3. The molecule has 1 aromatic carbocycles. The standard InChI is InChI=1S/C11H14N2O7S/c1-7(14)10(11(15)16)12-21(19,20)6-8-4-2-3-5-9(8)13(17)18/h2-5,7,10,12,14H,6H2,1H3,(H,15,16)/t7-,10+/m1/s1. The molecule has 21 heavy (non-hydrogen) atoms. The minimum Gasteiger partial charge on any atom is -0.480 e. The maximum Gasteiger partial charge on any atom is 0.324 e. The van der Waals surface area contributed by atoms with Gasteiger partial charge in [-0.05, 0) is 6.92 Å². The number of nitro benzene ring substituents is 1. The lowest BCUT2D eigenvalue weighted by atomic mass is 10.2. The lowest BCUT2D eigenvalue weighted by Gasteiger charge is -2.17. The van der Waals surface area contributed by atoms with Crippen LogP contribution in [0.4, 0.5) is 5.69 Å². The Hall–Kier alpha value is -2.04. The second kappa shape index (κ2) is 6.61. The Balaban J connectivity index is 3.01. The largest absolute Gasteiger partial charge is 0.480 e. The summed E-state index contributed by atoms with van der Waals surface area (Å²) in [6.45, 7) is 1.12. The van der Waals surface area contributed by atoms with Crippen LogP contribution in [0.2, 0.25) is 0 Å². The Labute approximate surface area is 120 Å². The molecule has 116 valence electrons. The first-order chi connectivity index (χ1) is 9.64. The van der Waals surface area contributed by atoms with Gasteiger partial charge in [-0.1, -0.05) is 18.2 Å². The number of sulfonamides is 1. The number of aliphatic hydroxyl groups excluding tert-OH is 1. The van der Waals surface area contributed by atoms with Crippen LogP contribution in [0.3, 0.4) is 0 Å². The van der Waals surface area contributed by atoms with Crippen molar-refractivity contribution in [3.63, 3.8) is 0 Å². The molecule has 0 heterocycles. The Morgan fingerprint density at radius 1 is 1.43 bits per heavy atom. The zero-order valence-corrected chi connectivity index (χ0v) is 11.8. The molecule has 0 aliphatic rings. The molecular weight excluding hydrogens is 304 g/mol. The number of hydrogen-bond acceptors (Lipinski definition) is 6. The molecule has 0 aromatic heterocycles. The number of para-hydroxylation sites is 1. The Kier molecular flexibility index (Phi) is 5.35. The van der Waals surface area contributed by atoms with Crippen LogP contribution < -0.4 is 4.72 Å². The van der Waals surface area contributed by atoms with Gasteiger partial charge in [0.1, 0.15) is 6.04 Å². The van der Waals surface area contributed by atoms with Gasteiger partial charge in [-0.3, -0.25) is 14.9 Å². The maximum atomic E-state index is 11.9. The number of nitro groups is 1. The van der Waals surface area contributed by atoms with E-state index >= 15 is 0 Å².